The van der Waals surface area contributed by atoms with Crippen molar-refractivity contribution in [1.82, 2.24) is 0 Å². The third-order valence-corrected chi connectivity index (χ3v) is 4.09. The molecule has 0 aromatic rings. The van der Waals surface area contributed by atoms with Crippen LogP contribution in [0.1, 0.15) is 58.3 Å². The lowest BCUT2D eigenvalue weighted by Crippen LogP contribution is -2.22. The molecule has 1 heteroatoms. The van der Waals surface area contributed by atoms with E-state index in [1.807, 2.05) is 0 Å². The van der Waals surface area contributed by atoms with Crippen LogP contribution in [0.5, 0.6) is 0 Å². The minimum atomic E-state index is 0.481. The summed E-state index contributed by atoms with van der Waals surface area (Å²) in [6.07, 6.45) is 10.00. The van der Waals surface area contributed by atoms with Crippen molar-refractivity contribution in [3.8, 4) is 0 Å². The van der Waals surface area contributed by atoms with Gasteiger partial charge in [-0.15, -0.1) is 0 Å². The highest BCUT2D eigenvalue weighted by Crippen LogP contribution is 2.38. The van der Waals surface area contributed by atoms with Crippen LogP contribution in [-0.4, -0.2) is 5.78 Å². The summed E-state index contributed by atoms with van der Waals surface area (Å²) < 4.78 is 0. The zero-order valence-corrected chi connectivity index (χ0v) is 9.30. The predicted octanol–water partition coefficient (Wildman–Crippen LogP) is 3.57. The number of carbonyl (C=O) groups is 1. The molecule has 2 rings (SSSR count). The topological polar surface area (TPSA) is 17.1 Å². The Labute approximate surface area is 87.3 Å². The molecule has 0 heterocycles. The van der Waals surface area contributed by atoms with Crippen LogP contribution in [0.4, 0.5) is 0 Å². The number of hydrogen-bond acceptors (Lipinski definition) is 1. The predicted molar refractivity (Wildman–Crippen MR) is 58.1 cm³/mol. The van der Waals surface area contributed by atoms with Gasteiger partial charge in [-0.05, 0) is 31.1 Å². The molecule has 0 N–H and O–H groups in total. The molecule has 0 aromatic carbocycles. The number of hydrogen-bond donors (Lipinski definition) is 0. The summed E-state index contributed by atoms with van der Waals surface area (Å²) in [5.41, 5.74) is 0. The van der Waals surface area contributed by atoms with Crippen LogP contribution in [0.2, 0.25) is 0 Å². The highest BCUT2D eigenvalue weighted by Gasteiger charge is 2.33. The van der Waals surface area contributed by atoms with Gasteiger partial charge in [0, 0.05) is 12.3 Å². The van der Waals surface area contributed by atoms with Crippen LogP contribution < -0.4 is 0 Å². The Morgan fingerprint density at radius 1 is 1.07 bits per heavy atom. The van der Waals surface area contributed by atoms with Gasteiger partial charge >= 0.3 is 0 Å². The van der Waals surface area contributed by atoms with Gasteiger partial charge in [0.2, 0.25) is 0 Å². The Kier molecular flexibility index (Phi) is 3.25. The van der Waals surface area contributed by atoms with Crippen molar-refractivity contribution in [2.45, 2.75) is 58.3 Å². The lowest BCUT2D eigenvalue weighted by molar-refractivity contribution is -0.121. The molecule has 2 atom stereocenters. The molecule has 0 saturated heterocycles. The molecular formula is C13H22O. The zero-order chi connectivity index (χ0) is 9.97. The molecule has 0 bridgehead atoms. The average molecular weight is 194 g/mol. The molecule has 0 spiro atoms. The van der Waals surface area contributed by atoms with Crippen molar-refractivity contribution in [3.05, 3.63) is 0 Å². The lowest BCUT2D eigenvalue weighted by atomic mass is 9.75. The highest BCUT2D eigenvalue weighted by atomic mass is 16.1. The summed E-state index contributed by atoms with van der Waals surface area (Å²) in [7, 11) is 0. The van der Waals surface area contributed by atoms with Gasteiger partial charge in [0.1, 0.15) is 5.78 Å². The summed E-state index contributed by atoms with van der Waals surface area (Å²) in [6, 6.07) is 0. The number of Topliss-reactive ketones (excluding diaryl/α,β-unsaturated/α-hetero) is 1. The first-order valence-electron chi connectivity index (χ1n) is 6.34. The van der Waals surface area contributed by atoms with E-state index in [1.165, 1.54) is 44.9 Å². The van der Waals surface area contributed by atoms with Gasteiger partial charge in [-0.25, -0.2) is 0 Å². The van der Waals surface area contributed by atoms with Crippen molar-refractivity contribution in [1.29, 1.82) is 0 Å². The van der Waals surface area contributed by atoms with E-state index < -0.39 is 0 Å². The van der Waals surface area contributed by atoms with Gasteiger partial charge in [-0.3, -0.25) is 4.79 Å². The van der Waals surface area contributed by atoms with Crippen LogP contribution >= 0.6 is 0 Å². The highest BCUT2D eigenvalue weighted by molar-refractivity contribution is 5.83. The first-order valence-corrected chi connectivity index (χ1v) is 6.34. The van der Waals surface area contributed by atoms with Crippen molar-refractivity contribution >= 4 is 5.78 Å². The van der Waals surface area contributed by atoms with E-state index in [9.17, 15) is 4.79 Å². The molecule has 2 aliphatic carbocycles. The van der Waals surface area contributed by atoms with Crippen LogP contribution in [-0.2, 0) is 4.79 Å². The van der Waals surface area contributed by atoms with E-state index in [1.54, 1.807) is 0 Å². The second-order valence-electron chi connectivity index (χ2n) is 5.16. The second kappa shape index (κ2) is 4.46. The van der Waals surface area contributed by atoms with E-state index in [-0.39, 0.29) is 0 Å². The van der Waals surface area contributed by atoms with E-state index >= 15 is 0 Å². The molecule has 80 valence electrons. The smallest absolute Gasteiger partial charge is 0.136 e. The van der Waals surface area contributed by atoms with Gasteiger partial charge in [0.25, 0.3) is 0 Å². The van der Waals surface area contributed by atoms with Gasteiger partial charge in [0.15, 0.2) is 0 Å². The first-order chi connectivity index (χ1) is 6.81. The van der Waals surface area contributed by atoms with Gasteiger partial charge < -0.3 is 0 Å². The van der Waals surface area contributed by atoms with Gasteiger partial charge in [-0.2, -0.15) is 0 Å². The van der Waals surface area contributed by atoms with Crippen molar-refractivity contribution in [2.75, 3.05) is 0 Å². The van der Waals surface area contributed by atoms with Crippen molar-refractivity contribution in [3.63, 3.8) is 0 Å². The van der Waals surface area contributed by atoms with Crippen LogP contribution in [0.3, 0.4) is 0 Å². The molecule has 2 unspecified atom stereocenters. The Morgan fingerprint density at radius 3 is 2.29 bits per heavy atom. The average Bonchev–Trinajstić information content (AvgIpc) is 3.02. The summed E-state index contributed by atoms with van der Waals surface area (Å²) in [4.78, 5) is 11.7. The lowest BCUT2D eigenvalue weighted by Gasteiger charge is -2.30. The summed E-state index contributed by atoms with van der Waals surface area (Å²) in [5.74, 6) is 2.65. The summed E-state index contributed by atoms with van der Waals surface area (Å²) in [6.45, 7) is 2.28. The maximum absolute atomic E-state index is 11.7. The zero-order valence-electron chi connectivity index (χ0n) is 9.30. The maximum Gasteiger partial charge on any atom is 0.136 e. The normalized spacial score (nSPS) is 32.9. The fourth-order valence-electron chi connectivity index (χ4n) is 2.92. The molecule has 2 aliphatic rings. The number of carbonyl (C=O) groups excluding carboxylic acids is 1. The van der Waals surface area contributed by atoms with Crippen LogP contribution in [0, 0.1) is 17.8 Å². The van der Waals surface area contributed by atoms with Crippen LogP contribution in [0.15, 0.2) is 0 Å². The Balaban J connectivity index is 1.83. The molecule has 1 nitrogen and oxygen atoms in total. The fourth-order valence-corrected chi connectivity index (χ4v) is 2.92. The third kappa shape index (κ3) is 2.37. The van der Waals surface area contributed by atoms with E-state index in [0.29, 0.717) is 11.7 Å². The molecule has 0 radical (unpaired) electrons. The third-order valence-electron chi connectivity index (χ3n) is 4.09. The van der Waals surface area contributed by atoms with Crippen LogP contribution in [0.25, 0.3) is 0 Å². The second-order valence-corrected chi connectivity index (χ2v) is 5.16. The molecule has 0 aromatic heterocycles. The number of rotatable bonds is 4. The molecule has 2 fully saturated rings. The quantitative estimate of drug-likeness (QED) is 0.668. The van der Waals surface area contributed by atoms with E-state index in [4.69, 9.17) is 0 Å². The minimum Gasteiger partial charge on any atom is -0.299 e. The Morgan fingerprint density at radius 2 is 1.71 bits per heavy atom. The fraction of sp³-hybridized carbons (Fsp3) is 0.923. The maximum atomic E-state index is 11.7. The van der Waals surface area contributed by atoms with E-state index in [0.717, 1.165) is 18.3 Å². The minimum absolute atomic E-state index is 0.481. The summed E-state index contributed by atoms with van der Waals surface area (Å²) in [5, 5.41) is 0. The van der Waals surface area contributed by atoms with E-state index in [2.05, 4.69) is 6.92 Å². The molecule has 0 aliphatic heterocycles. The Hall–Kier alpha value is -0.330. The monoisotopic (exact) mass is 194 g/mol. The SMILES string of the molecule is CCC1CCCCC1CC(=O)C1CC1. The standard InChI is InChI=1S/C13H22O/c1-2-10-5-3-4-6-12(10)9-13(14)11-7-8-11/h10-12H,2-9H2,1H3. The molecular weight excluding hydrogens is 172 g/mol. The number of ketones is 1. The molecule has 2 saturated carbocycles. The first kappa shape index (κ1) is 10.2. The van der Waals surface area contributed by atoms with Crippen molar-refractivity contribution in [2.24, 2.45) is 17.8 Å². The molecule has 0 amide bonds. The summed E-state index contributed by atoms with van der Waals surface area (Å²) >= 11 is 0. The van der Waals surface area contributed by atoms with Crippen molar-refractivity contribution < 1.29 is 4.79 Å². The largest absolute Gasteiger partial charge is 0.299 e. The van der Waals surface area contributed by atoms with Gasteiger partial charge in [-0.1, -0.05) is 32.6 Å². The molecule has 14 heavy (non-hydrogen) atoms. The Bertz CT molecular complexity index is 205. The van der Waals surface area contributed by atoms with Gasteiger partial charge in [0.05, 0.1) is 0 Å².